The summed E-state index contributed by atoms with van der Waals surface area (Å²) >= 11 is 1.69. The molecule has 0 spiro atoms. The van der Waals surface area contributed by atoms with Crippen molar-refractivity contribution in [3.63, 3.8) is 0 Å². The van der Waals surface area contributed by atoms with Crippen molar-refractivity contribution in [2.75, 3.05) is 0 Å². The van der Waals surface area contributed by atoms with Gasteiger partial charge in [-0.3, -0.25) is 4.98 Å². The van der Waals surface area contributed by atoms with Crippen LogP contribution in [0.5, 0.6) is 0 Å². The Kier molecular flexibility index (Phi) is 3.89. The number of nitrogens with zero attached hydrogens (tertiary/aromatic N) is 1. The zero-order valence-corrected chi connectivity index (χ0v) is 9.78. The monoisotopic (exact) mass is 343 g/mol. The summed E-state index contributed by atoms with van der Waals surface area (Å²) in [5.41, 5.74) is -0.666. The van der Waals surface area contributed by atoms with Crippen LogP contribution >= 0.6 is 22.6 Å². The molecule has 1 N–H and O–H groups in total. The molecule has 0 saturated heterocycles. The lowest BCUT2D eigenvalue weighted by Crippen LogP contribution is -2.08. The average Bonchev–Trinajstić information content (AvgIpc) is 2.14. The fourth-order valence-electron chi connectivity index (χ4n) is 0.880. The van der Waals surface area contributed by atoms with Gasteiger partial charge in [-0.1, -0.05) is 0 Å². The van der Waals surface area contributed by atoms with E-state index in [1.165, 1.54) is 6.08 Å². The Morgan fingerprint density at radius 1 is 1.50 bits per heavy atom. The summed E-state index contributed by atoms with van der Waals surface area (Å²) in [6.07, 6.45) is -1.47. The number of pyridine rings is 1. The number of aromatic nitrogens is 1. The molecule has 0 aliphatic carbocycles. The lowest BCUT2D eigenvalue weighted by molar-refractivity contribution is -0.141. The molecule has 86 valence electrons. The van der Waals surface area contributed by atoms with Crippen LogP contribution in [0.25, 0.3) is 6.08 Å². The summed E-state index contributed by atoms with van der Waals surface area (Å²) in [5, 5.41) is 8.36. The van der Waals surface area contributed by atoms with Gasteiger partial charge in [0.1, 0.15) is 5.69 Å². The van der Waals surface area contributed by atoms with Gasteiger partial charge in [-0.15, -0.1) is 0 Å². The first-order valence-electron chi connectivity index (χ1n) is 3.94. The molecule has 0 fully saturated rings. The molecule has 1 rings (SSSR count). The minimum absolute atomic E-state index is 0.289. The highest BCUT2D eigenvalue weighted by atomic mass is 127. The third kappa shape index (κ3) is 3.47. The van der Waals surface area contributed by atoms with Gasteiger partial charge in [0.15, 0.2) is 0 Å². The molecule has 7 heteroatoms. The number of aliphatic carboxylic acids is 1. The average molecular weight is 343 g/mol. The predicted octanol–water partition coefficient (Wildman–Crippen LogP) is 2.80. The van der Waals surface area contributed by atoms with Crippen LogP contribution < -0.4 is 0 Å². The highest BCUT2D eigenvalue weighted by Gasteiger charge is 2.32. The molecular weight excluding hydrogens is 338 g/mol. The lowest BCUT2D eigenvalue weighted by atomic mass is 10.2. The van der Waals surface area contributed by atoms with E-state index >= 15 is 0 Å². The maximum absolute atomic E-state index is 12.2. The summed E-state index contributed by atoms with van der Waals surface area (Å²) < 4.78 is 37.0. The Morgan fingerprint density at radius 3 is 2.56 bits per heavy atom. The zero-order chi connectivity index (χ0) is 12.3. The van der Waals surface area contributed by atoms with Crippen molar-refractivity contribution < 1.29 is 23.1 Å². The number of alkyl halides is 3. The van der Waals surface area contributed by atoms with E-state index in [0.717, 1.165) is 18.3 Å². The van der Waals surface area contributed by atoms with E-state index in [-0.39, 0.29) is 3.57 Å². The van der Waals surface area contributed by atoms with E-state index in [2.05, 4.69) is 4.98 Å². The number of hydrogen-bond donors (Lipinski definition) is 1. The topological polar surface area (TPSA) is 50.2 Å². The Balaban J connectivity index is 3.05. The van der Waals surface area contributed by atoms with Crippen molar-refractivity contribution in [1.29, 1.82) is 0 Å². The van der Waals surface area contributed by atoms with Crippen LogP contribution in [0.4, 0.5) is 13.2 Å². The molecule has 3 nitrogen and oxygen atoms in total. The van der Waals surface area contributed by atoms with Crippen molar-refractivity contribution in [2.24, 2.45) is 0 Å². The molecule has 0 aliphatic heterocycles. The molecule has 0 bridgehead atoms. The van der Waals surface area contributed by atoms with E-state index < -0.39 is 17.8 Å². The number of halogens is 4. The second-order valence-electron chi connectivity index (χ2n) is 2.76. The summed E-state index contributed by atoms with van der Waals surface area (Å²) in [6.45, 7) is 0. The number of carbonyl (C=O) groups is 1. The number of rotatable bonds is 2. The molecule has 16 heavy (non-hydrogen) atoms. The summed E-state index contributed by atoms with van der Waals surface area (Å²) in [6, 6.07) is 0.863. The predicted molar refractivity (Wildman–Crippen MR) is 58.6 cm³/mol. The van der Waals surface area contributed by atoms with Gasteiger partial charge in [0.2, 0.25) is 0 Å². The summed E-state index contributed by atoms with van der Waals surface area (Å²) in [4.78, 5) is 13.4. The molecule has 0 aromatic carbocycles. The molecule has 1 aromatic heterocycles. The molecule has 1 aromatic rings. The highest BCUT2D eigenvalue weighted by Crippen LogP contribution is 2.29. The molecule has 0 aliphatic rings. The van der Waals surface area contributed by atoms with Gasteiger partial charge in [0.25, 0.3) is 0 Å². The van der Waals surface area contributed by atoms with Crippen LogP contribution in [0, 0.1) is 3.57 Å². The Bertz CT molecular complexity index is 443. The van der Waals surface area contributed by atoms with Gasteiger partial charge >= 0.3 is 12.1 Å². The van der Waals surface area contributed by atoms with Crippen LogP contribution in [0.3, 0.4) is 0 Å². The second-order valence-corrected chi connectivity index (χ2v) is 3.92. The SMILES string of the molecule is O=C(O)/C=C/c1cnc(C(F)(F)F)cc1I. The molecule has 0 atom stereocenters. The van der Waals surface area contributed by atoms with E-state index in [4.69, 9.17) is 5.11 Å². The summed E-state index contributed by atoms with van der Waals surface area (Å²) in [7, 11) is 0. The third-order valence-corrected chi connectivity index (χ3v) is 2.51. The van der Waals surface area contributed by atoms with Crippen LogP contribution in [0.2, 0.25) is 0 Å². The number of hydrogen-bond acceptors (Lipinski definition) is 2. The van der Waals surface area contributed by atoms with E-state index in [1.54, 1.807) is 22.6 Å². The Morgan fingerprint density at radius 2 is 2.12 bits per heavy atom. The lowest BCUT2D eigenvalue weighted by Gasteiger charge is -2.06. The molecule has 0 amide bonds. The van der Waals surface area contributed by atoms with Gasteiger partial charge in [0.05, 0.1) is 0 Å². The standard InChI is InChI=1S/C9H5F3INO2/c10-9(11,12)7-3-6(13)5(4-14-7)1-2-8(15)16/h1-4H,(H,15,16)/b2-1+. The van der Waals surface area contributed by atoms with Crippen LogP contribution in [-0.4, -0.2) is 16.1 Å². The Hall–Kier alpha value is -1.12. The molecule has 0 unspecified atom stereocenters. The van der Waals surface area contributed by atoms with Crippen molar-refractivity contribution >= 4 is 34.6 Å². The largest absolute Gasteiger partial charge is 0.478 e. The van der Waals surface area contributed by atoms with Crippen LogP contribution in [0.15, 0.2) is 18.3 Å². The maximum Gasteiger partial charge on any atom is 0.433 e. The highest BCUT2D eigenvalue weighted by molar-refractivity contribution is 14.1. The molecular formula is C9H5F3INO2. The second kappa shape index (κ2) is 4.81. The normalized spacial score (nSPS) is 12.0. The van der Waals surface area contributed by atoms with E-state index in [1.807, 2.05) is 0 Å². The minimum Gasteiger partial charge on any atom is -0.478 e. The molecule has 0 saturated carbocycles. The smallest absolute Gasteiger partial charge is 0.433 e. The van der Waals surface area contributed by atoms with Gasteiger partial charge in [-0.2, -0.15) is 13.2 Å². The molecule has 1 heterocycles. The van der Waals surface area contributed by atoms with Crippen molar-refractivity contribution in [3.05, 3.63) is 33.2 Å². The minimum atomic E-state index is -4.49. The van der Waals surface area contributed by atoms with Crippen LogP contribution in [-0.2, 0) is 11.0 Å². The fourth-order valence-corrected chi connectivity index (χ4v) is 1.49. The van der Waals surface area contributed by atoms with Crippen molar-refractivity contribution in [3.8, 4) is 0 Å². The van der Waals surface area contributed by atoms with Gasteiger partial charge in [0, 0.05) is 21.4 Å². The number of carboxylic acid groups (broad SMARTS) is 1. The first-order valence-corrected chi connectivity index (χ1v) is 5.02. The van der Waals surface area contributed by atoms with Crippen molar-refractivity contribution in [1.82, 2.24) is 4.98 Å². The first-order chi connectivity index (χ1) is 7.30. The van der Waals surface area contributed by atoms with Gasteiger partial charge in [-0.05, 0) is 34.7 Å². The van der Waals surface area contributed by atoms with Gasteiger partial charge in [-0.25, -0.2) is 4.79 Å². The van der Waals surface area contributed by atoms with E-state index in [0.29, 0.717) is 5.56 Å². The van der Waals surface area contributed by atoms with Crippen LogP contribution in [0.1, 0.15) is 11.3 Å². The summed E-state index contributed by atoms with van der Waals surface area (Å²) in [5.74, 6) is -1.17. The zero-order valence-electron chi connectivity index (χ0n) is 7.62. The Labute approximate surface area is 102 Å². The maximum atomic E-state index is 12.2. The van der Waals surface area contributed by atoms with Crippen molar-refractivity contribution in [2.45, 2.75) is 6.18 Å². The number of carboxylic acids is 1. The quantitative estimate of drug-likeness (QED) is 0.664. The van der Waals surface area contributed by atoms with E-state index in [9.17, 15) is 18.0 Å². The molecule has 0 radical (unpaired) electrons. The first kappa shape index (κ1) is 12.9. The van der Waals surface area contributed by atoms with Gasteiger partial charge < -0.3 is 5.11 Å². The fraction of sp³-hybridized carbons (Fsp3) is 0.111. The third-order valence-electron chi connectivity index (χ3n) is 1.58.